The SMILES string of the molecule is CC(=O)OC[C@H]1O[C@@H](O[C@@H]2[C@@H](OC(C)=O)[C@H]3O[C@](C)(C#N)O[C@H]3O[C@H]2C)[C@H](OC(C)=O)[C@@H](OC(C)=O)[C@@H]1OC(C)=O. The molecule has 228 valence electrons. The number of esters is 5. The highest BCUT2D eigenvalue weighted by Gasteiger charge is 2.60. The molecule has 0 unspecified atom stereocenters. The van der Waals surface area contributed by atoms with Crippen LogP contribution in [0, 0.1) is 11.3 Å². The maximum absolute atomic E-state index is 12.1. The molecule has 3 saturated heterocycles. The molecule has 0 aromatic heterocycles. The Morgan fingerprint density at radius 3 is 1.80 bits per heavy atom. The summed E-state index contributed by atoms with van der Waals surface area (Å²) in [4.78, 5) is 59.8. The van der Waals surface area contributed by atoms with Crippen LogP contribution in [0.4, 0.5) is 0 Å². The zero-order valence-corrected chi connectivity index (χ0v) is 23.6. The number of nitrogens with zero attached hydrogens (tertiary/aromatic N) is 1. The Kier molecular flexibility index (Phi) is 10.3. The Morgan fingerprint density at radius 2 is 1.27 bits per heavy atom. The van der Waals surface area contributed by atoms with E-state index in [0.29, 0.717) is 0 Å². The van der Waals surface area contributed by atoms with Crippen molar-refractivity contribution >= 4 is 29.8 Å². The van der Waals surface area contributed by atoms with Gasteiger partial charge in [0.15, 0.2) is 43.1 Å². The molecule has 3 aliphatic rings. The van der Waals surface area contributed by atoms with Crippen LogP contribution in [0.15, 0.2) is 0 Å². The van der Waals surface area contributed by atoms with E-state index in [2.05, 4.69) is 0 Å². The van der Waals surface area contributed by atoms with Gasteiger partial charge in [-0.2, -0.15) is 5.26 Å². The smallest absolute Gasteiger partial charge is 0.303 e. The molecule has 0 saturated carbocycles. The van der Waals surface area contributed by atoms with Gasteiger partial charge in [0.1, 0.15) is 24.9 Å². The number of ether oxygens (including phenoxy) is 10. The van der Waals surface area contributed by atoms with Crippen LogP contribution in [-0.4, -0.2) is 104 Å². The molecule has 3 heterocycles. The predicted octanol–water partition coefficient (Wildman–Crippen LogP) is -0.214. The molecule has 0 bridgehead atoms. The summed E-state index contributed by atoms with van der Waals surface area (Å²) >= 11 is 0. The Bertz CT molecular complexity index is 1070. The van der Waals surface area contributed by atoms with Gasteiger partial charge in [-0.1, -0.05) is 0 Å². The van der Waals surface area contributed by atoms with E-state index >= 15 is 0 Å². The maximum Gasteiger partial charge on any atom is 0.303 e. The monoisotopic (exact) mass is 587 g/mol. The second-order valence-corrected chi connectivity index (χ2v) is 9.71. The molecule has 0 aromatic carbocycles. The molecule has 0 aliphatic carbocycles. The van der Waals surface area contributed by atoms with Crippen molar-refractivity contribution < 1.29 is 71.3 Å². The summed E-state index contributed by atoms with van der Waals surface area (Å²) in [5.41, 5.74) is 0. The average Bonchev–Trinajstić information content (AvgIpc) is 3.19. The van der Waals surface area contributed by atoms with Crippen molar-refractivity contribution in [2.45, 2.75) is 116 Å². The summed E-state index contributed by atoms with van der Waals surface area (Å²) < 4.78 is 56.1. The van der Waals surface area contributed by atoms with Gasteiger partial charge < -0.3 is 47.4 Å². The molecule has 16 heteroatoms. The number of fused-ring (bicyclic) bond motifs is 1. The average molecular weight is 588 g/mol. The van der Waals surface area contributed by atoms with Crippen LogP contribution in [0.5, 0.6) is 0 Å². The standard InChI is InChI=1S/C25H33NO15/c1-10-17(19(35-13(4)29)22-24(33-10)41-25(7,9-26)40-22)39-23-21(37-15(6)31)20(36-14(5)30)18(34-12(3)28)16(38-23)8-32-11(2)27/h10,16-24H,8H2,1-7H3/t10-,16+,17-,18+,19+,20-,21+,22+,23-,24+,25-/m0/s1. The third kappa shape index (κ3) is 7.89. The molecule has 41 heavy (non-hydrogen) atoms. The lowest BCUT2D eigenvalue weighted by atomic mass is 9.96. The number of hydrogen-bond acceptors (Lipinski definition) is 16. The van der Waals surface area contributed by atoms with E-state index in [0.717, 1.165) is 34.6 Å². The van der Waals surface area contributed by atoms with E-state index in [4.69, 9.17) is 47.4 Å². The third-order valence-corrected chi connectivity index (χ3v) is 6.17. The molecule has 3 aliphatic heterocycles. The zero-order valence-electron chi connectivity index (χ0n) is 23.6. The second kappa shape index (κ2) is 13.1. The van der Waals surface area contributed by atoms with Crippen LogP contribution >= 0.6 is 0 Å². The third-order valence-electron chi connectivity index (χ3n) is 6.17. The van der Waals surface area contributed by atoms with E-state index in [9.17, 15) is 29.2 Å². The van der Waals surface area contributed by atoms with E-state index in [-0.39, 0.29) is 0 Å². The maximum atomic E-state index is 12.1. The van der Waals surface area contributed by atoms with Gasteiger partial charge in [-0.25, -0.2) is 0 Å². The molecule has 0 amide bonds. The molecular formula is C25H33NO15. The van der Waals surface area contributed by atoms with Crippen molar-refractivity contribution in [2.75, 3.05) is 6.61 Å². The Balaban J connectivity index is 2.02. The van der Waals surface area contributed by atoms with Crippen LogP contribution in [-0.2, 0) is 71.3 Å². The van der Waals surface area contributed by atoms with Crippen LogP contribution in [0.1, 0.15) is 48.5 Å². The van der Waals surface area contributed by atoms with Crippen LogP contribution in [0.2, 0.25) is 0 Å². The zero-order chi connectivity index (χ0) is 30.6. The van der Waals surface area contributed by atoms with Crippen LogP contribution in [0.3, 0.4) is 0 Å². The van der Waals surface area contributed by atoms with Gasteiger partial charge >= 0.3 is 29.8 Å². The summed E-state index contributed by atoms with van der Waals surface area (Å²) in [7, 11) is 0. The quantitative estimate of drug-likeness (QED) is 0.266. The first-order valence-electron chi connectivity index (χ1n) is 12.7. The first kappa shape index (κ1) is 32.2. The Morgan fingerprint density at radius 1 is 0.732 bits per heavy atom. The van der Waals surface area contributed by atoms with Crippen molar-refractivity contribution in [2.24, 2.45) is 0 Å². The fourth-order valence-corrected chi connectivity index (χ4v) is 4.72. The summed E-state index contributed by atoms with van der Waals surface area (Å²) in [6, 6.07) is 1.86. The van der Waals surface area contributed by atoms with Crippen molar-refractivity contribution in [1.82, 2.24) is 0 Å². The fraction of sp³-hybridized carbons (Fsp3) is 0.760. The summed E-state index contributed by atoms with van der Waals surface area (Å²) in [5.74, 6) is -5.56. The highest BCUT2D eigenvalue weighted by atomic mass is 16.8. The molecule has 0 spiro atoms. The first-order chi connectivity index (χ1) is 19.1. The summed E-state index contributed by atoms with van der Waals surface area (Å²) in [6.45, 7) is 8.01. The number of hydrogen-bond donors (Lipinski definition) is 0. The molecule has 3 fully saturated rings. The topological polar surface area (TPSA) is 201 Å². The summed E-state index contributed by atoms with van der Waals surface area (Å²) in [5, 5.41) is 9.48. The molecule has 0 aromatic rings. The lowest BCUT2D eigenvalue weighted by Crippen LogP contribution is -2.65. The number of carbonyl (C=O) groups excluding carboxylic acids is 5. The number of nitriles is 1. The van der Waals surface area contributed by atoms with E-state index < -0.39 is 104 Å². The first-order valence-corrected chi connectivity index (χ1v) is 12.7. The Hall–Kier alpha value is -3.36. The molecular weight excluding hydrogens is 554 g/mol. The highest BCUT2D eigenvalue weighted by Crippen LogP contribution is 2.40. The minimum atomic E-state index is -1.71. The Labute approximate surface area is 235 Å². The van der Waals surface area contributed by atoms with E-state index in [1.54, 1.807) is 6.92 Å². The molecule has 11 atom stereocenters. The van der Waals surface area contributed by atoms with Gasteiger partial charge in [0.25, 0.3) is 5.79 Å². The normalized spacial score (nSPS) is 38.0. The van der Waals surface area contributed by atoms with E-state index in [1.807, 2.05) is 6.07 Å². The minimum absolute atomic E-state index is 0.468. The van der Waals surface area contributed by atoms with Crippen molar-refractivity contribution in [3.8, 4) is 6.07 Å². The minimum Gasteiger partial charge on any atom is -0.463 e. The lowest BCUT2D eigenvalue weighted by Gasteiger charge is -2.47. The van der Waals surface area contributed by atoms with Gasteiger partial charge in [-0.15, -0.1) is 0 Å². The lowest BCUT2D eigenvalue weighted by molar-refractivity contribution is -0.345. The number of carbonyl (C=O) groups is 5. The largest absolute Gasteiger partial charge is 0.463 e. The molecule has 0 radical (unpaired) electrons. The van der Waals surface area contributed by atoms with Gasteiger partial charge in [0, 0.05) is 41.5 Å². The van der Waals surface area contributed by atoms with Crippen molar-refractivity contribution in [1.29, 1.82) is 5.26 Å². The van der Waals surface area contributed by atoms with Crippen LogP contribution < -0.4 is 0 Å². The summed E-state index contributed by atoms with van der Waals surface area (Å²) in [6.07, 6.45) is -12.8. The van der Waals surface area contributed by atoms with Crippen LogP contribution in [0.25, 0.3) is 0 Å². The van der Waals surface area contributed by atoms with Crippen molar-refractivity contribution in [3.05, 3.63) is 0 Å². The molecule has 0 N–H and O–H groups in total. The second-order valence-electron chi connectivity index (χ2n) is 9.71. The van der Waals surface area contributed by atoms with Gasteiger partial charge in [-0.05, 0) is 6.92 Å². The predicted molar refractivity (Wildman–Crippen MR) is 127 cm³/mol. The number of rotatable bonds is 8. The van der Waals surface area contributed by atoms with Gasteiger partial charge in [0.05, 0.1) is 6.10 Å². The fourth-order valence-electron chi connectivity index (χ4n) is 4.72. The highest BCUT2D eigenvalue weighted by molar-refractivity contribution is 5.69. The van der Waals surface area contributed by atoms with E-state index in [1.165, 1.54) is 6.92 Å². The van der Waals surface area contributed by atoms with Gasteiger partial charge in [0.2, 0.25) is 0 Å². The van der Waals surface area contributed by atoms with Crippen molar-refractivity contribution in [3.63, 3.8) is 0 Å². The molecule has 3 rings (SSSR count). The van der Waals surface area contributed by atoms with Gasteiger partial charge in [-0.3, -0.25) is 24.0 Å². The molecule has 16 nitrogen and oxygen atoms in total.